The second-order valence-electron chi connectivity index (χ2n) is 4.90. The van der Waals surface area contributed by atoms with E-state index in [1.54, 1.807) is 18.7 Å². The molecule has 2 aromatic heterocycles. The molecule has 3 rings (SSSR count). The van der Waals surface area contributed by atoms with E-state index in [2.05, 4.69) is 19.9 Å². The Kier molecular flexibility index (Phi) is 4.53. The average Bonchev–Trinajstić information content (AvgIpc) is 3.11. The number of carbonyl (C=O) groups is 2. The molecule has 0 spiro atoms. The fourth-order valence-corrected chi connectivity index (χ4v) is 3.88. The number of hydrogen-bond donors (Lipinski definition) is 1. The van der Waals surface area contributed by atoms with E-state index in [9.17, 15) is 9.59 Å². The van der Waals surface area contributed by atoms with Crippen molar-refractivity contribution >= 4 is 40.0 Å². The van der Waals surface area contributed by atoms with Crippen LogP contribution in [0, 0.1) is 6.92 Å². The predicted octanol–water partition coefficient (Wildman–Crippen LogP) is 2.07. The first-order chi connectivity index (χ1) is 11.1. The number of nitrogens with zero attached hydrogens (tertiary/aromatic N) is 4. The highest BCUT2D eigenvalue weighted by molar-refractivity contribution is 7.15. The highest BCUT2D eigenvalue weighted by atomic mass is 32.1. The lowest BCUT2D eigenvalue weighted by Crippen LogP contribution is -2.35. The summed E-state index contributed by atoms with van der Waals surface area (Å²) in [6.07, 6.45) is 0.144. The Morgan fingerprint density at radius 1 is 1.43 bits per heavy atom. The zero-order valence-corrected chi connectivity index (χ0v) is 14.3. The van der Waals surface area contributed by atoms with Crippen LogP contribution in [0.5, 0.6) is 0 Å². The van der Waals surface area contributed by atoms with Gasteiger partial charge in [0, 0.05) is 17.8 Å². The number of fused-ring (bicyclic) bond motifs is 1. The zero-order valence-electron chi connectivity index (χ0n) is 12.7. The molecule has 3 heterocycles. The fraction of sp³-hybridized carbons (Fsp3) is 0.462. The van der Waals surface area contributed by atoms with Gasteiger partial charge < -0.3 is 9.64 Å². The minimum Gasteiger partial charge on any atom is -0.450 e. The molecule has 0 aromatic carbocycles. The number of aromatic nitrogens is 3. The minimum absolute atomic E-state index is 0.0588. The molecule has 0 saturated carbocycles. The molecule has 2 aromatic rings. The first kappa shape index (κ1) is 15.8. The van der Waals surface area contributed by atoms with Crippen LogP contribution in [0.4, 0.5) is 9.93 Å². The molecule has 0 unspecified atom stereocenters. The summed E-state index contributed by atoms with van der Waals surface area (Å²) in [7, 11) is 0. The summed E-state index contributed by atoms with van der Waals surface area (Å²) in [4.78, 5) is 31.7. The van der Waals surface area contributed by atoms with Gasteiger partial charge in [0.2, 0.25) is 0 Å². The lowest BCUT2D eigenvalue weighted by Gasteiger charge is -2.25. The summed E-state index contributed by atoms with van der Waals surface area (Å²) in [5.74, 6) is -0.0588. The largest absolute Gasteiger partial charge is 0.450 e. The van der Waals surface area contributed by atoms with Gasteiger partial charge in [-0.1, -0.05) is 15.8 Å². The number of nitrogens with one attached hydrogen (secondary N) is 1. The van der Waals surface area contributed by atoms with Gasteiger partial charge in [-0.3, -0.25) is 10.1 Å². The van der Waals surface area contributed by atoms with Crippen LogP contribution in [0.3, 0.4) is 0 Å². The van der Waals surface area contributed by atoms with Gasteiger partial charge in [-0.05, 0) is 25.4 Å². The molecule has 2 amide bonds. The highest BCUT2D eigenvalue weighted by Crippen LogP contribution is 2.29. The van der Waals surface area contributed by atoms with Gasteiger partial charge in [0.15, 0.2) is 5.13 Å². The zero-order chi connectivity index (χ0) is 16.4. The van der Waals surface area contributed by atoms with E-state index in [1.807, 2.05) is 0 Å². The molecule has 10 heteroatoms. The van der Waals surface area contributed by atoms with Crippen LogP contribution in [-0.4, -0.2) is 44.6 Å². The Balaban J connectivity index is 1.71. The summed E-state index contributed by atoms with van der Waals surface area (Å²) >= 11 is 2.48. The number of carbonyl (C=O) groups excluding carboxylic acids is 2. The lowest BCUT2D eigenvalue weighted by molar-refractivity contribution is 0.0740. The van der Waals surface area contributed by atoms with Crippen LogP contribution in [0.15, 0.2) is 0 Å². The summed E-state index contributed by atoms with van der Waals surface area (Å²) in [5.41, 5.74) is 1.57. The van der Waals surface area contributed by atoms with Crippen LogP contribution < -0.4 is 5.32 Å². The smallest absolute Gasteiger partial charge is 0.413 e. The van der Waals surface area contributed by atoms with Crippen molar-refractivity contribution in [2.45, 2.75) is 26.8 Å². The number of rotatable bonds is 3. The van der Waals surface area contributed by atoms with Crippen LogP contribution in [-0.2, 0) is 17.7 Å². The number of hydrogen-bond acceptors (Lipinski definition) is 8. The number of ether oxygens (including phenoxy) is 1. The van der Waals surface area contributed by atoms with Crippen LogP contribution >= 0.6 is 22.9 Å². The standard InChI is InChI=1S/C13H15N5O3S2/c1-3-21-13(20)15-12-14-8-4-5-18(6-9(8)22-12)11(19)10-7(2)16-17-23-10/h3-6H2,1-2H3,(H,14,15,20). The Morgan fingerprint density at radius 3 is 2.96 bits per heavy atom. The normalized spacial score (nSPS) is 13.6. The van der Waals surface area contributed by atoms with Crippen molar-refractivity contribution < 1.29 is 14.3 Å². The van der Waals surface area contributed by atoms with E-state index in [1.165, 1.54) is 11.3 Å². The van der Waals surface area contributed by atoms with Gasteiger partial charge in [0.1, 0.15) is 4.88 Å². The van der Waals surface area contributed by atoms with Crippen LogP contribution in [0.1, 0.15) is 32.9 Å². The maximum Gasteiger partial charge on any atom is 0.413 e. The van der Waals surface area contributed by atoms with Gasteiger partial charge in [0.05, 0.1) is 24.5 Å². The van der Waals surface area contributed by atoms with Crippen molar-refractivity contribution in [1.82, 2.24) is 19.5 Å². The Morgan fingerprint density at radius 2 is 2.26 bits per heavy atom. The monoisotopic (exact) mass is 353 g/mol. The molecule has 122 valence electrons. The molecule has 0 atom stereocenters. The van der Waals surface area contributed by atoms with Gasteiger partial charge in [0.25, 0.3) is 5.91 Å². The first-order valence-electron chi connectivity index (χ1n) is 7.09. The highest BCUT2D eigenvalue weighted by Gasteiger charge is 2.27. The number of amides is 2. The van der Waals surface area contributed by atoms with E-state index in [0.29, 0.717) is 41.8 Å². The number of anilines is 1. The molecule has 0 aliphatic carbocycles. The Labute approximate surface area is 140 Å². The van der Waals surface area contributed by atoms with E-state index < -0.39 is 6.09 Å². The molecule has 1 N–H and O–H groups in total. The van der Waals surface area contributed by atoms with Crippen molar-refractivity contribution in [2.75, 3.05) is 18.5 Å². The van der Waals surface area contributed by atoms with Gasteiger partial charge in [-0.2, -0.15) is 0 Å². The van der Waals surface area contributed by atoms with Gasteiger partial charge in [-0.15, -0.1) is 5.10 Å². The molecule has 23 heavy (non-hydrogen) atoms. The maximum atomic E-state index is 12.5. The molecule has 0 fully saturated rings. The third kappa shape index (κ3) is 3.32. The van der Waals surface area contributed by atoms with Crippen LogP contribution in [0.25, 0.3) is 0 Å². The Hall–Kier alpha value is -2.07. The summed E-state index contributed by atoms with van der Waals surface area (Å²) in [6, 6.07) is 0. The average molecular weight is 353 g/mol. The Bertz CT molecular complexity index is 742. The lowest BCUT2D eigenvalue weighted by atomic mass is 10.1. The molecule has 8 nitrogen and oxygen atoms in total. The quantitative estimate of drug-likeness (QED) is 0.907. The van der Waals surface area contributed by atoms with Crippen molar-refractivity contribution in [2.24, 2.45) is 0 Å². The van der Waals surface area contributed by atoms with E-state index in [4.69, 9.17) is 4.74 Å². The summed E-state index contributed by atoms with van der Waals surface area (Å²) < 4.78 is 8.65. The van der Waals surface area contributed by atoms with Crippen molar-refractivity contribution in [3.8, 4) is 0 Å². The predicted molar refractivity (Wildman–Crippen MR) is 85.8 cm³/mol. The van der Waals surface area contributed by atoms with Gasteiger partial charge in [-0.25, -0.2) is 9.78 Å². The third-order valence-electron chi connectivity index (χ3n) is 3.35. The van der Waals surface area contributed by atoms with Crippen molar-refractivity contribution in [3.05, 3.63) is 21.1 Å². The molecular weight excluding hydrogens is 338 g/mol. The first-order valence-corrected chi connectivity index (χ1v) is 8.68. The van der Waals surface area contributed by atoms with Crippen molar-refractivity contribution in [3.63, 3.8) is 0 Å². The second-order valence-corrected chi connectivity index (χ2v) is 6.74. The third-order valence-corrected chi connectivity index (χ3v) is 5.16. The SMILES string of the molecule is CCOC(=O)Nc1nc2c(s1)CN(C(=O)c1snnc1C)CC2. The fourth-order valence-electron chi connectivity index (χ4n) is 2.25. The van der Waals surface area contributed by atoms with E-state index in [-0.39, 0.29) is 5.91 Å². The molecular formula is C13H15N5O3S2. The molecule has 0 radical (unpaired) electrons. The molecule has 1 aliphatic rings. The maximum absolute atomic E-state index is 12.5. The summed E-state index contributed by atoms with van der Waals surface area (Å²) in [5, 5.41) is 6.99. The minimum atomic E-state index is -0.516. The number of thiazole rings is 1. The second kappa shape index (κ2) is 6.59. The summed E-state index contributed by atoms with van der Waals surface area (Å²) in [6.45, 7) is 4.90. The molecule has 0 saturated heterocycles. The topological polar surface area (TPSA) is 97.3 Å². The van der Waals surface area contributed by atoms with Crippen molar-refractivity contribution in [1.29, 1.82) is 0 Å². The van der Waals surface area contributed by atoms with E-state index in [0.717, 1.165) is 22.1 Å². The van der Waals surface area contributed by atoms with Crippen LogP contribution in [0.2, 0.25) is 0 Å². The van der Waals surface area contributed by atoms with E-state index >= 15 is 0 Å². The molecule has 0 bridgehead atoms. The molecule has 1 aliphatic heterocycles. The number of aryl methyl sites for hydroxylation is 1. The van der Waals surface area contributed by atoms with Gasteiger partial charge >= 0.3 is 6.09 Å².